The summed E-state index contributed by atoms with van der Waals surface area (Å²) in [6.45, 7) is 8.46. The molecular weight excluding hydrogens is 236 g/mol. The van der Waals surface area contributed by atoms with Crippen molar-refractivity contribution in [2.75, 3.05) is 7.05 Å². The van der Waals surface area contributed by atoms with Crippen molar-refractivity contribution in [2.24, 2.45) is 5.92 Å². The summed E-state index contributed by atoms with van der Waals surface area (Å²) in [5.41, 5.74) is 3.67. The average Bonchev–Trinajstić information content (AvgIpc) is 2.69. The Balaban J connectivity index is 2.31. The van der Waals surface area contributed by atoms with Crippen LogP contribution in [-0.4, -0.2) is 23.9 Å². The molecule has 1 aliphatic rings. The SMILES string of the molecule is CCC(C)C1NC(c2cc(C)ccc2C)N(C)C1=O. The Labute approximate surface area is 116 Å². The fourth-order valence-electron chi connectivity index (χ4n) is 2.70. The first kappa shape index (κ1) is 14.1. The van der Waals surface area contributed by atoms with Gasteiger partial charge in [-0.3, -0.25) is 10.1 Å². The van der Waals surface area contributed by atoms with E-state index in [1.165, 1.54) is 16.7 Å². The molecule has 1 aliphatic heterocycles. The van der Waals surface area contributed by atoms with Gasteiger partial charge in [0.25, 0.3) is 0 Å². The minimum atomic E-state index is -0.0556. The second kappa shape index (κ2) is 5.33. The number of likely N-dealkylation sites (N-methyl/N-ethyl adjacent to an activating group) is 1. The number of nitrogens with zero attached hydrogens (tertiary/aromatic N) is 1. The van der Waals surface area contributed by atoms with E-state index in [0.717, 1.165) is 6.42 Å². The normalized spacial score (nSPS) is 24.9. The number of hydrogen-bond acceptors (Lipinski definition) is 2. The van der Waals surface area contributed by atoms with Gasteiger partial charge in [0.1, 0.15) is 6.17 Å². The molecule has 3 nitrogen and oxygen atoms in total. The fraction of sp³-hybridized carbons (Fsp3) is 0.562. The lowest BCUT2D eigenvalue weighted by molar-refractivity contribution is -0.129. The van der Waals surface area contributed by atoms with Gasteiger partial charge in [-0.05, 0) is 30.9 Å². The van der Waals surface area contributed by atoms with Crippen LogP contribution in [0.1, 0.15) is 43.1 Å². The number of aryl methyl sites for hydroxylation is 2. The summed E-state index contributed by atoms with van der Waals surface area (Å²) < 4.78 is 0. The standard InChI is InChI=1S/C16H24N2O/c1-6-11(3)14-16(19)18(5)15(17-14)13-9-10(2)7-8-12(13)4/h7-9,11,14-15,17H,6H2,1-5H3. The Morgan fingerprint density at radius 3 is 2.68 bits per heavy atom. The third-order valence-corrected chi connectivity index (χ3v) is 4.28. The molecule has 3 heteroatoms. The molecule has 0 aromatic heterocycles. The van der Waals surface area contributed by atoms with Crippen molar-refractivity contribution < 1.29 is 4.79 Å². The molecule has 1 aromatic rings. The van der Waals surface area contributed by atoms with E-state index in [0.29, 0.717) is 5.92 Å². The van der Waals surface area contributed by atoms with Crippen LogP contribution in [0.5, 0.6) is 0 Å². The lowest BCUT2D eigenvalue weighted by atomic mass is 9.99. The quantitative estimate of drug-likeness (QED) is 0.906. The molecule has 2 rings (SSSR count). The predicted octanol–water partition coefficient (Wildman–Crippen LogP) is 2.78. The molecule has 1 N–H and O–H groups in total. The highest BCUT2D eigenvalue weighted by Crippen LogP contribution is 2.29. The van der Waals surface area contributed by atoms with Crippen LogP contribution in [0.15, 0.2) is 18.2 Å². The van der Waals surface area contributed by atoms with Gasteiger partial charge >= 0.3 is 0 Å². The van der Waals surface area contributed by atoms with Crippen LogP contribution in [0, 0.1) is 19.8 Å². The Bertz CT molecular complexity index is 484. The summed E-state index contributed by atoms with van der Waals surface area (Å²) in [5.74, 6) is 0.574. The van der Waals surface area contributed by atoms with Crippen LogP contribution >= 0.6 is 0 Å². The van der Waals surface area contributed by atoms with Crippen LogP contribution in [0.3, 0.4) is 0 Å². The number of amides is 1. The lowest BCUT2D eigenvalue weighted by Gasteiger charge is -2.22. The van der Waals surface area contributed by atoms with E-state index in [2.05, 4.69) is 51.2 Å². The third kappa shape index (κ3) is 2.52. The zero-order chi connectivity index (χ0) is 14.2. The van der Waals surface area contributed by atoms with Crippen molar-refractivity contribution in [3.63, 3.8) is 0 Å². The van der Waals surface area contributed by atoms with Crippen LogP contribution in [0.2, 0.25) is 0 Å². The molecular formula is C16H24N2O. The first-order chi connectivity index (χ1) is 8.95. The highest BCUT2D eigenvalue weighted by molar-refractivity contribution is 5.84. The molecule has 3 unspecified atom stereocenters. The molecule has 19 heavy (non-hydrogen) atoms. The van der Waals surface area contributed by atoms with Gasteiger partial charge in [0.2, 0.25) is 5.91 Å². The van der Waals surface area contributed by atoms with Crippen molar-refractivity contribution in [1.82, 2.24) is 10.2 Å². The van der Waals surface area contributed by atoms with Gasteiger partial charge in [0.15, 0.2) is 0 Å². The minimum Gasteiger partial charge on any atom is -0.325 e. The molecule has 1 fully saturated rings. The van der Waals surface area contributed by atoms with E-state index in [-0.39, 0.29) is 18.1 Å². The van der Waals surface area contributed by atoms with E-state index in [4.69, 9.17) is 0 Å². The largest absolute Gasteiger partial charge is 0.325 e. The molecule has 0 aliphatic carbocycles. The molecule has 3 atom stereocenters. The highest BCUT2D eigenvalue weighted by atomic mass is 16.2. The summed E-state index contributed by atoms with van der Waals surface area (Å²) in [6, 6.07) is 6.36. The van der Waals surface area contributed by atoms with Gasteiger partial charge in [-0.1, -0.05) is 44.0 Å². The maximum Gasteiger partial charge on any atom is 0.241 e. The fourth-order valence-corrected chi connectivity index (χ4v) is 2.70. The average molecular weight is 260 g/mol. The van der Waals surface area contributed by atoms with E-state index < -0.39 is 0 Å². The van der Waals surface area contributed by atoms with E-state index in [9.17, 15) is 4.79 Å². The maximum atomic E-state index is 12.3. The number of benzene rings is 1. The summed E-state index contributed by atoms with van der Waals surface area (Å²) in [6.07, 6.45) is 1.02. The third-order valence-electron chi connectivity index (χ3n) is 4.28. The van der Waals surface area contributed by atoms with Crippen LogP contribution in [-0.2, 0) is 4.79 Å². The number of rotatable bonds is 3. The van der Waals surface area contributed by atoms with Crippen molar-refractivity contribution in [3.8, 4) is 0 Å². The van der Waals surface area contributed by atoms with Gasteiger partial charge in [0.05, 0.1) is 6.04 Å². The Morgan fingerprint density at radius 1 is 1.37 bits per heavy atom. The van der Waals surface area contributed by atoms with Gasteiger partial charge in [0, 0.05) is 7.05 Å². The number of carbonyl (C=O) groups is 1. The summed E-state index contributed by atoms with van der Waals surface area (Å²) in [4.78, 5) is 14.2. The molecule has 1 aromatic carbocycles. The van der Waals surface area contributed by atoms with E-state index >= 15 is 0 Å². The molecule has 1 amide bonds. The molecule has 104 valence electrons. The van der Waals surface area contributed by atoms with Crippen molar-refractivity contribution >= 4 is 5.91 Å². The van der Waals surface area contributed by atoms with Crippen LogP contribution < -0.4 is 5.32 Å². The zero-order valence-electron chi connectivity index (χ0n) is 12.5. The zero-order valence-corrected chi connectivity index (χ0v) is 12.5. The van der Waals surface area contributed by atoms with E-state index in [1.807, 2.05) is 11.9 Å². The molecule has 1 heterocycles. The van der Waals surface area contributed by atoms with Crippen molar-refractivity contribution in [2.45, 2.75) is 46.3 Å². The second-order valence-electron chi connectivity index (χ2n) is 5.74. The Morgan fingerprint density at radius 2 is 2.05 bits per heavy atom. The summed E-state index contributed by atoms with van der Waals surface area (Å²) in [7, 11) is 1.89. The van der Waals surface area contributed by atoms with E-state index in [1.54, 1.807) is 0 Å². The molecule has 1 saturated heterocycles. The van der Waals surface area contributed by atoms with Gasteiger partial charge in [-0.2, -0.15) is 0 Å². The summed E-state index contributed by atoms with van der Waals surface area (Å²) >= 11 is 0. The first-order valence-corrected chi connectivity index (χ1v) is 7.05. The summed E-state index contributed by atoms with van der Waals surface area (Å²) in [5, 5.41) is 3.50. The topological polar surface area (TPSA) is 32.3 Å². The second-order valence-corrected chi connectivity index (χ2v) is 5.74. The Kier molecular flexibility index (Phi) is 3.95. The van der Waals surface area contributed by atoms with Gasteiger partial charge < -0.3 is 4.90 Å². The van der Waals surface area contributed by atoms with Crippen molar-refractivity contribution in [1.29, 1.82) is 0 Å². The number of hydrogen-bond donors (Lipinski definition) is 1. The number of carbonyl (C=O) groups excluding carboxylic acids is 1. The lowest BCUT2D eigenvalue weighted by Crippen LogP contribution is -2.35. The van der Waals surface area contributed by atoms with Crippen molar-refractivity contribution in [3.05, 3.63) is 34.9 Å². The number of nitrogens with one attached hydrogen (secondary N) is 1. The molecule has 0 radical (unpaired) electrons. The Hall–Kier alpha value is -1.35. The van der Waals surface area contributed by atoms with Crippen LogP contribution in [0.25, 0.3) is 0 Å². The maximum absolute atomic E-state index is 12.3. The minimum absolute atomic E-state index is 0.00593. The van der Waals surface area contributed by atoms with Gasteiger partial charge in [-0.25, -0.2) is 0 Å². The first-order valence-electron chi connectivity index (χ1n) is 7.05. The molecule has 0 saturated carbocycles. The monoisotopic (exact) mass is 260 g/mol. The predicted molar refractivity (Wildman–Crippen MR) is 77.8 cm³/mol. The van der Waals surface area contributed by atoms with Crippen LogP contribution in [0.4, 0.5) is 0 Å². The highest BCUT2D eigenvalue weighted by Gasteiger charge is 2.39. The molecule has 0 spiro atoms. The smallest absolute Gasteiger partial charge is 0.241 e. The molecule has 0 bridgehead atoms. The van der Waals surface area contributed by atoms with Gasteiger partial charge in [-0.15, -0.1) is 0 Å².